The number of carbonyl (C=O) groups excluding carboxylic acids is 1. The highest BCUT2D eigenvalue weighted by atomic mass is 16.1. The summed E-state index contributed by atoms with van der Waals surface area (Å²) in [6, 6.07) is 6.04. The minimum absolute atomic E-state index is 0.0936. The lowest BCUT2D eigenvalue weighted by Crippen LogP contribution is -2.19. The molecular weight excluding hydrogens is 188 g/mol. The number of fused-ring (bicyclic) bond motifs is 1. The Labute approximate surface area is 89.0 Å². The molecule has 1 aliphatic heterocycles. The number of nitrogens with one attached hydrogen (secondary N) is 1. The van der Waals surface area contributed by atoms with E-state index in [-0.39, 0.29) is 5.91 Å². The first-order valence-electron chi connectivity index (χ1n) is 5.09. The molecule has 1 amide bonds. The molecule has 0 aromatic heterocycles. The Hall–Kier alpha value is -1.61. The van der Waals surface area contributed by atoms with Crippen LogP contribution in [0.5, 0.6) is 0 Å². The maximum Gasteiger partial charge on any atom is 0.224 e. The second kappa shape index (κ2) is 4.28. The zero-order valence-corrected chi connectivity index (χ0v) is 8.49. The molecule has 1 aromatic rings. The molecule has 1 aliphatic rings. The minimum Gasteiger partial charge on any atom is -0.327 e. The van der Waals surface area contributed by atoms with E-state index in [2.05, 4.69) is 11.4 Å². The van der Waals surface area contributed by atoms with Gasteiger partial charge >= 0.3 is 0 Å². The fraction of sp³-hybridized carbons (Fsp3) is 0.250. The molecule has 0 saturated carbocycles. The molecule has 3 N–H and O–H groups in total. The van der Waals surface area contributed by atoms with Gasteiger partial charge in [0.2, 0.25) is 5.91 Å². The number of carbonyl (C=O) groups is 1. The number of benzene rings is 1. The van der Waals surface area contributed by atoms with E-state index in [0.717, 1.165) is 17.7 Å². The maximum absolute atomic E-state index is 11.3. The molecule has 0 fully saturated rings. The van der Waals surface area contributed by atoms with Crippen LogP contribution in [0.1, 0.15) is 17.5 Å². The van der Waals surface area contributed by atoms with E-state index < -0.39 is 0 Å². The normalized spacial score (nSPS) is 15.1. The van der Waals surface area contributed by atoms with Crippen LogP contribution in [0.2, 0.25) is 0 Å². The van der Waals surface area contributed by atoms with Gasteiger partial charge in [0.25, 0.3) is 0 Å². The summed E-state index contributed by atoms with van der Waals surface area (Å²) >= 11 is 0. The van der Waals surface area contributed by atoms with Crippen LogP contribution in [0, 0.1) is 0 Å². The molecule has 0 atom stereocenters. The van der Waals surface area contributed by atoms with Crippen molar-refractivity contribution in [3.63, 3.8) is 0 Å². The van der Waals surface area contributed by atoms with Gasteiger partial charge in [0, 0.05) is 13.0 Å². The number of para-hydroxylation sites is 1. The van der Waals surface area contributed by atoms with E-state index in [9.17, 15) is 4.79 Å². The number of amides is 1. The summed E-state index contributed by atoms with van der Waals surface area (Å²) in [5, 5.41) is 2.91. The topological polar surface area (TPSA) is 55.1 Å². The lowest BCUT2D eigenvalue weighted by molar-refractivity contribution is -0.116. The Balaban J connectivity index is 2.39. The van der Waals surface area contributed by atoms with Gasteiger partial charge in [-0.2, -0.15) is 0 Å². The second-order valence-corrected chi connectivity index (χ2v) is 3.57. The van der Waals surface area contributed by atoms with E-state index in [1.54, 1.807) is 0 Å². The van der Waals surface area contributed by atoms with Gasteiger partial charge in [-0.25, -0.2) is 0 Å². The van der Waals surface area contributed by atoms with Crippen LogP contribution in [0.15, 0.2) is 24.3 Å². The van der Waals surface area contributed by atoms with Gasteiger partial charge in [-0.1, -0.05) is 30.4 Å². The first kappa shape index (κ1) is 9.93. The highest BCUT2D eigenvalue weighted by molar-refractivity contribution is 5.96. The average Bonchev–Trinajstić information content (AvgIpc) is 2.26. The Bertz CT molecular complexity index is 410. The van der Waals surface area contributed by atoms with Crippen molar-refractivity contribution in [2.24, 2.45) is 5.73 Å². The number of nitrogens with two attached hydrogens (primary N) is 1. The van der Waals surface area contributed by atoms with Crippen LogP contribution in [0.25, 0.3) is 6.08 Å². The lowest BCUT2D eigenvalue weighted by atomic mass is 9.99. The molecular formula is C12H14N2O. The number of hydrogen-bond donors (Lipinski definition) is 2. The largest absolute Gasteiger partial charge is 0.327 e. The molecule has 0 bridgehead atoms. The third-order valence-corrected chi connectivity index (χ3v) is 2.50. The maximum atomic E-state index is 11.3. The number of rotatable bonds is 2. The highest BCUT2D eigenvalue weighted by Crippen LogP contribution is 2.27. The van der Waals surface area contributed by atoms with E-state index >= 15 is 0 Å². The summed E-state index contributed by atoms with van der Waals surface area (Å²) in [7, 11) is 0. The number of hydrogen-bond acceptors (Lipinski definition) is 2. The van der Waals surface area contributed by atoms with Crippen LogP contribution >= 0.6 is 0 Å². The highest BCUT2D eigenvalue weighted by Gasteiger charge is 2.15. The van der Waals surface area contributed by atoms with Crippen molar-refractivity contribution in [1.29, 1.82) is 0 Å². The van der Waals surface area contributed by atoms with Crippen molar-refractivity contribution in [2.75, 3.05) is 11.9 Å². The Morgan fingerprint density at radius 1 is 1.40 bits per heavy atom. The van der Waals surface area contributed by atoms with E-state index in [1.165, 1.54) is 5.56 Å². The molecule has 2 rings (SSSR count). The van der Waals surface area contributed by atoms with Crippen LogP contribution in [0.4, 0.5) is 5.69 Å². The Morgan fingerprint density at radius 3 is 3.07 bits per heavy atom. The minimum atomic E-state index is 0.0936. The van der Waals surface area contributed by atoms with Crippen LogP contribution in [-0.4, -0.2) is 12.5 Å². The quantitative estimate of drug-likeness (QED) is 0.764. The molecule has 1 heterocycles. The molecule has 0 aliphatic carbocycles. The first-order valence-corrected chi connectivity index (χ1v) is 5.09. The standard InChI is InChI=1S/C12H14N2O/c13-8-2-5-9-3-1-4-10-6-7-11(15)14-12(9)10/h1-5H,6-8,13H2,(H,14,15)/b5-2+. The predicted molar refractivity (Wildman–Crippen MR) is 61.5 cm³/mol. The summed E-state index contributed by atoms with van der Waals surface area (Å²) in [5.41, 5.74) is 8.58. The molecule has 0 saturated heterocycles. The van der Waals surface area contributed by atoms with Gasteiger partial charge in [-0.3, -0.25) is 4.79 Å². The summed E-state index contributed by atoms with van der Waals surface area (Å²) in [5.74, 6) is 0.0936. The zero-order valence-electron chi connectivity index (χ0n) is 8.49. The summed E-state index contributed by atoms with van der Waals surface area (Å²) in [6.45, 7) is 0.512. The van der Waals surface area contributed by atoms with Crippen molar-refractivity contribution in [3.05, 3.63) is 35.4 Å². The Kier molecular flexibility index (Phi) is 2.83. The van der Waals surface area contributed by atoms with Gasteiger partial charge in [0.15, 0.2) is 0 Å². The zero-order chi connectivity index (χ0) is 10.7. The van der Waals surface area contributed by atoms with Crippen molar-refractivity contribution in [2.45, 2.75) is 12.8 Å². The molecule has 0 spiro atoms. The molecule has 3 nitrogen and oxygen atoms in total. The average molecular weight is 202 g/mol. The molecule has 0 radical (unpaired) electrons. The fourth-order valence-electron chi connectivity index (χ4n) is 1.76. The molecule has 1 aromatic carbocycles. The van der Waals surface area contributed by atoms with Gasteiger partial charge < -0.3 is 11.1 Å². The summed E-state index contributed by atoms with van der Waals surface area (Å²) < 4.78 is 0. The van der Waals surface area contributed by atoms with Gasteiger partial charge in [0.05, 0.1) is 5.69 Å². The molecule has 3 heteroatoms. The first-order chi connectivity index (χ1) is 7.31. The smallest absolute Gasteiger partial charge is 0.224 e. The van der Waals surface area contributed by atoms with Crippen molar-refractivity contribution < 1.29 is 4.79 Å². The molecule has 78 valence electrons. The SMILES string of the molecule is NC/C=C/c1cccc2c1NC(=O)CC2. The lowest BCUT2D eigenvalue weighted by Gasteiger charge is -2.18. The summed E-state index contributed by atoms with van der Waals surface area (Å²) in [6.07, 6.45) is 5.24. The van der Waals surface area contributed by atoms with E-state index in [4.69, 9.17) is 5.73 Å². The van der Waals surface area contributed by atoms with Crippen molar-refractivity contribution in [3.8, 4) is 0 Å². The van der Waals surface area contributed by atoms with Crippen LogP contribution in [0.3, 0.4) is 0 Å². The van der Waals surface area contributed by atoms with Gasteiger partial charge in [-0.15, -0.1) is 0 Å². The van der Waals surface area contributed by atoms with Crippen molar-refractivity contribution >= 4 is 17.7 Å². The monoisotopic (exact) mass is 202 g/mol. The van der Waals surface area contributed by atoms with E-state index in [0.29, 0.717) is 13.0 Å². The number of anilines is 1. The van der Waals surface area contributed by atoms with Gasteiger partial charge in [0.1, 0.15) is 0 Å². The third-order valence-electron chi connectivity index (χ3n) is 2.50. The molecule has 15 heavy (non-hydrogen) atoms. The van der Waals surface area contributed by atoms with Crippen LogP contribution < -0.4 is 11.1 Å². The second-order valence-electron chi connectivity index (χ2n) is 3.57. The Morgan fingerprint density at radius 2 is 2.27 bits per heavy atom. The fourth-order valence-corrected chi connectivity index (χ4v) is 1.76. The number of aryl methyl sites for hydroxylation is 1. The molecule has 0 unspecified atom stereocenters. The van der Waals surface area contributed by atoms with E-state index in [1.807, 2.05) is 24.3 Å². The summed E-state index contributed by atoms with van der Waals surface area (Å²) in [4.78, 5) is 11.3. The predicted octanol–water partition coefficient (Wildman–Crippen LogP) is 1.54. The van der Waals surface area contributed by atoms with Crippen LogP contribution in [-0.2, 0) is 11.2 Å². The van der Waals surface area contributed by atoms with Crippen molar-refractivity contribution in [1.82, 2.24) is 0 Å². The van der Waals surface area contributed by atoms with Gasteiger partial charge in [-0.05, 0) is 17.5 Å². The third kappa shape index (κ3) is 2.07.